The normalized spacial score (nSPS) is 11.0. The highest BCUT2D eigenvalue weighted by Crippen LogP contribution is 2.14. The fourth-order valence-corrected chi connectivity index (χ4v) is 2.45. The van der Waals surface area contributed by atoms with Crippen molar-refractivity contribution in [2.75, 3.05) is 18.9 Å². The van der Waals surface area contributed by atoms with E-state index in [1.54, 1.807) is 0 Å². The number of nitrogens with zero attached hydrogens (tertiary/aromatic N) is 3. The van der Waals surface area contributed by atoms with E-state index in [-0.39, 0.29) is 5.91 Å². The van der Waals surface area contributed by atoms with Gasteiger partial charge in [0.05, 0.1) is 12.2 Å². The van der Waals surface area contributed by atoms with Gasteiger partial charge < -0.3 is 5.32 Å². The number of anilines is 1. The first kappa shape index (κ1) is 16.2. The average Bonchev–Trinajstić information content (AvgIpc) is 2.68. The van der Waals surface area contributed by atoms with Crippen molar-refractivity contribution in [1.82, 2.24) is 14.7 Å². The van der Waals surface area contributed by atoms with Gasteiger partial charge in [0.1, 0.15) is 0 Å². The first-order valence-electron chi connectivity index (χ1n) is 7.41. The summed E-state index contributed by atoms with van der Waals surface area (Å²) in [5.41, 5.74) is 5.36. The van der Waals surface area contributed by atoms with E-state index in [1.807, 2.05) is 61.8 Å². The van der Waals surface area contributed by atoms with Gasteiger partial charge in [-0.1, -0.05) is 17.7 Å². The number of nitrogens with one attached hydrogen (secondary N) is 1. The molecule has 0 aliphatic carbocycles. The molecule has 1 amide bonds. The van der Waals surface area contributed by atoms with Crippen LogP contribution in [0.3, 0.4) is 0 Å². The van der Waals surface area contributed by atoms with E-state index in [4.69, 9.17) is 0 Å². The van der Waals surface area contributed by atoms with Crippen molar-refractivity contribution in [1.29, 1.82) is 0 Å². The number of aryl methyl sites for hydroxylation is 3. The van der Waals surface area contributed by atoms with Gasteiger partial charge in [0, 0.05) is 30.5 Å². The third-order valence-corrected chi connectivity index (χ3v) is 3.84. The van der Waals surface area contributed by atoms with Gasteiger partial charge in [-0.3, -0.25) is 14.4 Å². The molecule has 0 unspecified atom stereocenters. The zero-order chi connectivity index (χ0) is 16.3. The molecule has 1 aromatic heterocycles. The van der Waals surface area contributed by atoms with Crippen LogP contribution in [-0.4, -0.2) is 34.2 Å². The Kier molecular flexibility index (Phi) is 4.98. The van der Waals surface area contributed by atoms with Crippen LogP contribution < -0.4 is 5.32 Å². The molecule has 118 valence electrons. The van der Waals surface area contributed by atoms with Gasteiger partial charge in [-0.15, -0.1) is 0 Å². The number of hydrogen-bond acceptors (Lipinski definition) is 3. The maximum atomic E-state index is 12.1. The van der Waals surface area contributed by atoms with Gasteiger partial charge in [0.25, 0.3) is 0 Å². The highest BCUT2D eigenvalue weighted by Gasteiger charge is 2.13. The molecule has 0 fully saturated rings. The lowest BCUT2D eigenvalue weighted by Gasteiger charge is -2.16. The second-order valence-electron chi connectivity index (χ2n) is 5.86. The Morgan fingerprint density at radius 2 is 1.86 bits per heavy atom. The lowest BCUT2D eigenvalue weighted by Crippen LogP contribution is -2.30. The minimum absolute atomic E-state index is 0.00875. The van der Waals surface area contributed by atoms with Crippen molar-refractivity contribution < 1.29 is 4.79 Å². The molecular weight excluding hydrogens is 276 g/mol. The summed E-state index contributed by atoms with van der Waals surface area (Å²) in [7, 11) is 3.89. The number of carbonyl (C=O) groups is 1. The van der Waals surface area contributed by atoms with E-state index < -0.39 is 0 Å². The molecule has 0 saturated heterocycles. The molecule has 5 nitrogen and oxygen atoms in total. The van der Waals surface area contributed by atoms with Crippen LogP contribution >= 0.6 is 0 Å². The second kappa shape index (κ2) is 6.75. The minimum atomic E-state index is -0.00875. The molecule has 0 aliphatic heterocycles. The number of rotatable bonds is 5. The van der Waals surface area contributed by atoms with Crippen LogP contribution in [-0.2, 0) is 18.4 Å². The summed E-state index contributed by atoms with van der Waals surface area (Å²) in [5, 5.41) is 7.33. The van der Waals surface area contributed by atoms with E-state index in [9.17, 15) is 4.79 Å². The molecular formula is C17H24N4O. The van der Waals surface area contributed by atoms with Crippen molar-refractivity contribution in [3.8, 4) is 0 Å². The van der Waals surface area contributed by atoms with Gasteiger partial charge in [-0.2, -0.15) is 5.10 Å². The van der Waals surface area contributed by atoms with Crippen LogP contribution in [0.25, 0.3) is 0 Å². The zero-order valence-corrected chi connectivity index (χ0v) is 14.0. The van der Waals surface area contributed by atoms with E-state index in [1.165, 1.54) is 11.1 Å². The molecule has 0 spiro atoms. The molecule has 0 radical (unpaired) electrons. The minimum Gasteiger partial charge on any atom is -0.325 e. The maximum absolute atomic E-state index is 12.1. The van der Waals surface area contributed by atoms with Crippen LogP contribution in [0.15, 0.2) is 24.3 Å². The molecule has 0 aliphatic rings. The first-order valence-corrected chi connectivity index (χ1v) is 7.41. The Balaban J connectivity index is 1.92. The van der Waals surface area contributed by atoms with Crippen LogP contribution in [0.2, 0.25) is 0 Å². The fraction of sp³-hybridized carbons (Fsp3) is 0.412. The zero-order valence-electron chi connectivity index (χ0n) is 14.0. The molecule has 0 atom stereocenters. The van der Waals surface area contributed by atoms with E-state index in [2.05, 4.69) is 17.3 Å². The fourth-order valence-electron chi connectivity index (χ4n) is 2.45. The van der Waals surface area contributed by atoms with Crippen LogP contribution in [0.1, 0.15) is 22.5 Å². The number of carbonyl (C=O) groups excluding carboxylic acids is 1. The molecule has 22 heavy (non-hydrogen) atoms. The Morgan fingerprint density at radius 1 is 1.23 bits per heavy atom. The molecule has 1 aromatic carbocycles. The van der Waals surface area contributed by atoms with Gasteiger partial charge in [-0.25, -0.2) is 0 Å². The van der Waals surface area contributed by atoms with E-state index in [0.29, 0.717) is 13.1 Å². The Hall–Kier alpha value is -2.14. The molecule has 5 heteroatoms. The smallest absolute Gasteiger partial charge is 0.238 e. The monoisotopic (exact) mass is 300 g/mol. The standard InChI is InChI=1S/C17H24N4O/c1-12-6-8-15(9-7-12)18-17(22)11-20(4)10-16-13(2)19-21(5)14(16)3/h6-9H,10-11H2,1-5H3,(H,18,22). The van der Waals surface area contributed by atoms with Gasteiger partial charge in [0.2, 0.25) is 5.91 Å². The third kappa shape index (κ3) is 3.95. The highest BCUT2D eigenvalue weighted by molar-refractivity contribution is 5.92. The van der Waals surface area contributed by atoms with Crippen molar-refractivity contribution in [2.45, 2.75) is 27.3 Å². The molecule has 0 saturated carbocycles. The van der Waals surface area contributed by atoms with Crippen LogP contribution in [0.5, 0.6) is 0 Å². The first-order chi connectivity index (χ1) is 10.4. The van der Waals surface area contributed by atoms with Crippen LogP contribution in [0.4, 0.5) is 5.69 Å². The molecule has 1 N–H and O–H groups in total. The number of hydrogen-bond donors (Lipinski definition) is 1. The summed E-state index contributed by atoms with van der Waals surface area (Å²) in [5.74, 6) is -0.00875. The predicted molar refractivity (Wildman–Crippen MR) is 88.8 cm³/mol. The average molecular weight is 300 g/mol. The van der Waals surface area contributed by atoms with Gasteiger partial charge >= 0.3 is 0 Å². The summed E-state index contributed by atoms with van der Waals surface area (Å²) >= 11 is 0. The van der Waals surface area contributed by atoms with Crippen molar-refractivity contribution in [2.24, 2.45) is 7.05 Å². The quantitative estimate of drug-likeness (QED) is 0.922. The molecule has 1 heterocycles. The summed E-state index contributed by atoms with van der Waals surface area (Å²) < 4.78 is 1.88. The van der Waals surface area contributed by atoms with Crippen molar-refractivity contribution in [3.05, 3.63) is 46.8 Å². The van der Waals surface area contributed by atoms with E-state index in [0.717, 1.165) is 17.1 Å². The highest BCUT2D eigenvalue weighted by atomic mass is 16.2. The van der Waals surface area contributed by atoms with E-state index >= 15 is 0 Å². The maximum Gasteiger partial charge on any atom is 0.238 e. The number of benzene rings is 1. The predicted octanol–water partition coefficient (Wildman–Crippen LogP) is 2.42. The SMILES string of the molecule is Cc1ccc(NC(=O)CN(C)Cc2c(C)nn(C)c2C)cc1. The topological polar surface area (TPSA) is 50.2 Å². The largest absolute Gasteiger partial charge is 0.325 e. The summed E-state index contributed by atoms with van der Waals surface area (Å²) in [6.45, 7) is 7.14. The third-order valence-electron chi connectivity index (χ3n) is 3.84. The Morgan fingerprint density at radius 3 is 2.41 bits per heavy atom. The van der Waals surface area contributed by atoms with Crippen molar-refractivity contribution >= 4 is 11.6 Å². The van der Waals surface area contributed by atoms with Gasteiger partial charge in [0.15, 0.2) is 0 Å². The summed E-state index contributed by atoms with van der Waals surface area (Å²) in [6, 6.07) is 7.81. The second-order valence-corrected chi connectivity index (χ2v) is 5.86. The lowest BCUT2D eigenvalue weighted by atomic mass is 10.2. The lowest BCUT2D eigenvalue weighted by molar-refractivity contribution is -0.117. The Labute approximate surface area is 131 Å². The van der Waals surface area contributed by atoms with Crippen molar-refractivity contribution in [3.63, 3.8) is 0 Å². The summed E-state index contributed by atoms with van der Waals surface area (Å²) in [4.78, 5) is 14.1. The van der Waals surface area contributed by atoms with Crippen LogP contribution in [0, 0.1) is 20.8 Å². The molecule has 2 aromatic rings. The van der Waals surface area contributed by atoms with Gasteiger partial charge in [-0.05, 0) is 40.0 Å². The number of amides is 1. The Bertz CT molecular complexity index is 658. The molecule has 2 rings (SSSR count). The number of likely N-dealkylation sites (N-methyl/N-ethyl adjacent to an activating group) is 1. The summed E-state index contributed by atoms with van der Waals surface area (Å²) in [6.07, 6.45) is 0. The molecule has 0 bridgehead atoms. The number of aromatic nitrogens is 2.